The van der Waals surface area contributed by atoms with Crippen LogP contribution in [0.1, 0.15) is 6.85 Å². The summed E-state index contributed by atoms with van der Waals surface area (Å²) in [6, 6.07) is 37.9. The molecular weight excluding hydrogens is 550 g/mol. The third-order valence-electron chi connectivity index (χ3n) is 8.21. The van der Waals surface area contributed by atoms with Crippen LogP contribution in [-0.4, -0.2) is 15.0 Å². The lowest BCUT2D eigenvalue weighted by atomic mass is 9.94. The minimum Gasteiger partial charge on any atom is -0.456 e. The SMILES string of the molecule is [2H]c1c([2H])c([2H])c(-c2nc(-c3ccc(-c4ccccc4)c4ccccc34)nc(-c3cccc4oc5cc6ccccc6cc5c34)n2)c([2H])c1[2H]. The number of hydrogen-bond acceptors (Lipinski definition) is 4. The van der Waals surface area contributed by atoms with Crippen LogP contribution in [0.15, 0.2) is 156 Å². The fourth-order valence-electron chi connectivity index (χ4n) is 6.15. The van der Waals surface area contributed by atoms with Crippen molar-refractivity contribution in [3.05, 3.63) is 152 Å². The molecule has 0 spiro atoms. The Bertz CT molecular complexity index is 2810. The first-order valence-corrected chi connectivity index (χ1v) is 14.6. The third-order valence-corrected chi connectivity index (χ3v) is 8.21. The van der Waals surface area contributed by atoms with E-state index in [0.717, 1.165) is 43.4 Å². The van der Waals surface area contributed by atoms with Gasteiger partial charge in [-0.3, -0.25) is 0 Å². The molecule has 0 aliphatic heterocycles. The number of hydrogen-bond donors (Lipinski definition) is 0. The maximum atomic E-state index is 8.78. The van der Waals surface area contributed by atoms with E-state index in [0.29, 0.717) is 28.1 Å². The van der Waals surface area contributed by atoms with Gasteiger partial charge in [0.25, 0.3) is 0 Å². The van der Waals surface area contributed by atoms with Gasteiger partial charge in [-0.05, 0) is 56.9 Å². The fourth-order valence-corrected chi connectivity index (χ4v) is 6.15. The Balaban J connectivity index is 1.36. The number of rotatable bonds is 4. The van der Waals surface area contributed by atoms with Crippen LogP contribution in [0.2, 0.25) is 0 Å². The highest BCUT2D eigenvalue weighted by molar-refractivity contribution is 6.15. The molecule has 0 saturated carbocycles. The Hall–Kier alpha value is -6.13. The maximum Gasteiger partial charge on any atom is 0.164 e. The van der Waals surface area contributed by atoms with Crippen molar-refractivity contribution < 1.29 is 11.3 Å². The van der Waals surface area contributed by atoms with Gasteiger partial charge in [0.1, 0.15) is 11.2 Å². The van der Waals surface area contributed by atoms with Gasteiger partial charge in [0.05, 0.1) is 6.85 Å². The van der Waals surface area contributed by atoms with Crippen LogP contribution < -0.4 is 0 Å². The maximum absolute atomic E-state index is 8.78. The highest BCUT2D eigenvalue weighted by atomic mass is 16.3. The van der Waals surface area contributed by atoms with Crippen LogP contribution in [0, 0.1) is 0 Å². The van der Waals surface area contributed by atoms with Gasteiger partial charge in [-0.25, -0.2) is 15.0 Å². The average molecular weight is 581 g/mol. The van der Waals surface area contributed by atoms with Gasteiger partial charge in [-0.1, -0.05) is 127 Å². The summed E-state index contributed by atoms with van der Waals surface area (Å²) in [5.41, 5.74) is 4.77. The topological polar surface area (TPSA) is 51.8 Å². The Labute approximate surface area is 266 Å². The van der Waals surface area contributed by atoms with Crippen LogP contribution in [0.3, 0.4) is 0 Å². The lowest BCUT2D eigenvalue weighted by Crippen LogP contribution is -2.01. The van der Waals surface area contributed by atoms with Crippen molar-refractivity contribution >= 4 is 43.5 Å². The number of nitrogens with zero attached hydrogens (tertiary/aromatic N) is 3. The molecule has 4 heteroatoms. The van der Waals surface area contributed by atoms with E-state index >= 15 is 0 Å². The first kappa shape index (κ1) is 20.7. The summed E-state index contributed by atoms with van der Waals surface area (Å²) < 4.78 is 48.9. The van der Waals surface area contributed by atoms with Gasteiger partial charge >= 0.3 is 0 Å². The minimum absolute atomic E-state index is 0.0199. The molecule has 4 nitrogen and oxygen atoms in total. The molecule has 210 valence electrons. The van der Waals surface area contributed by atoms with Crippen molar-refractivity contribution in [3.8, 4) is 45.3 Å². The molecule has 0 unspecified atom stereocenters. The van der Waals surface area contributed by atoms with E-state index < -0.39 is 18.1 Å². The molecule has 45 heavy (non-hydrogen) atoms. The van der Waals surface area contributed by atoms with E-state index in [-0.39, 0.29) is 29.3 Å². The highest BCUT2D eigenvalue weighted by Gasteiger charge is 2.19. The van der Waals surface area contributed by atoms with Gasteiger partial charge in [-0.2, -0.15) is 0 Å². The number of aromatic nitrogens is 3. The van der Waals surface area contributed by atoms with Gasteiger partial charge < -0.3 is 4.42 Å². The number of benzene rings is 7. The van der Waals surface area contributed by atoms with Crippen molar-refractivity contribution in [2.45, 2.75) is 0 Å². The molecule has 0 bridgehead atoms. The van der Waals surface area contributed by atoms with E-state index in [1.807, 2.05) is 91.0 Å². The first-order valence-electron chi connectivity index (χ1n) is 17.1. The van der Waals surface area contributed by atoms with Crippen molar-refractivity contribution in [1.82, 2.24) is 15.0 Å². The second-order valence-corrected chi connectivity index (χ2v) is 10.9. The zero-order valence-corrected chi connectivity index (χ0v) is 23.8. The van der Waals surface area contributed by atoms with Gasteiger partial charge in [0, 0.05) is 27.5 Å². The smallest absolute Gasteiger partial charge is 0.164 e. The van der Waals surface area contributed by atoms with Crippen LogP contribution >= 0.6 is 0 Å². The van der Waals surface area contributed by atoms with Gasteiger partial charge in [0.15, 0.2) is 17.5 Å². The molecular formula is C41H25N3O. The van der Waals surface area contributed by atoms with Crippen molar-refractivity contribution in [2.75, 3.05) is 0 Å². The van der Waals surface area contributed by atoms with E-state index in [9.17, 15) is 0 Å². The van der Waals surface area contributed by atoms with Crippen LogP contribution in [0.25, 0.3) is 88.8 Å². The van der Waals surface area contributed by atoms with E-state index in [1.54, 1.807) is 0 Å². The van der Waals surface area contributed by atoms with Crippen molar-refractivity contribution in [2.24, 2.45) is 0 Å². The molecule has 0 amide bonds. The van der Waals surface area contributed by atoms with E-state index in [2.05, 4.69) is 30.3 Å². The summed E-state index contributed by atoms with van der Waals surface area (Å²) in [7, 11) is 0. The molecule has 0 radical (unpaired) electrons. The Kier molecular flexibility index (Phi) is 4.72. The van der Waals surface area contributed by atoms with Gasteiger partial charge in [0.2, 0.25) is 0 Å². The first-order chi connectivity index (χ1) is 24.4. The molecule has 9 aromatic rings. The normalized spacial score (nSPS) is 13.1. The summed E-state index contributed by atoms with van der Waals surface area (Å²) in [6.45, 7) is 0. The van der Waals surface area contributed by atoms with Crippen LogP contribution in [0.5, 0.6) is 0 Å². The molecule has 0 saturated heterocycles. The van der Waals surface area contributed by atoms with Crippen LogP contribution in [-0.2, 0) is 0 Å². The van der Waals surface area contributed by atoms with E-state index in [4.69, 9.17) is 26.2 Å². The minimum atomic E-state index is -0.484. The Morgan fingerprint density at radius 2 is 1.09 bits per heavy atom. The molecule has 9 rings (SSSR count). The van der Waals surface area contributed by atoms with Crippen molar-refractivity contribution in [1.29, 1.82) is 0 Å². The molecule has 0 aliphatic rings. The summed E-state index contributed by atoms with van der Waals surface area (Å²) in [5.74, 6) is 0.575. The predicted molar refractivity (Wildman–Crippen MR) is 184 cm³/mol. The quantitative estimate of drug-likeness (QED) is 0.208. The zero-order chi connectivity index (χ0) is 34.1. The number of fused-ring (bicyclic) bond motifs is 5. The molecule has 7 aromatic carbocycles. The molecule has 0 fully saturated rings. The summed E-state index contributed by atoms with van der Waals surface area (Å²) in [4.78, 5) is 14.7. The highest BCUT2D eigenvalue weighted by Crippen LogP contribution is 2.39. The summed E-state index contributed by atoms with van der Waals surface area (Å²) in [6.07, 6.45) is 0. The molecule has 0 N–H and O–H groups in total. The third kappa shape index (κ3) is 4.27. The number of furan rings is 1. The largest absolute Gasteiger partial charge is 0.456 e. The average Bonchev–Trinajstić information content (AvgIpc) is 3.52. The second-order valence-electron chi connectivity index (χ2n) is 10.9. The monoisotopic (exact) mass is 580 g/mol. The summed E-state index contributed by atoms with van der Waals surface area (Å²) in [5, 5.41) is 5.70. The van der Waals surface area contributed by atoms with E-state index in [1.165, 1.54) is 0 Å². The predicted octanol–water partition coefficient (Wildman–Crippen LogP) is 10.7. The molecule has 2 aromatic heterocycles. The zero-order valence-electron chi connectivity index (χ0n) is 28.8. The van der Waals surface area contributed by atoms with Gasteiger partial charge in [-0.15, -0.1) is 0 Å². The Morgan fingerprint density at radius 3 is 1.89 bits per heavy atom. The summed E-state index contributed by atoms with van der Waals surface area (Å²) >= 11 is 0. The molecule has 0 atom stereocenters. The second kappa shape index (κ2) is 10.2. The van der Waals surface area contributed by atoms with Crippen molar-refractivity contribution in [3.63, 3.8) is 0 Å². The standard InChI is InChI=1S/C41H25N3O/c1-3-12-26(13-4-1)30-22-23-33(32-19-10-9-18-31(30)32)40-42-39(27-14-5-2-6-15-27)43-41(44-40)34-20-11-21-36-38(34)35-24-28-16-7-8-17-29(28)25-37(35)45-36/h1-25H/i2D,5D,6D,14D,15D. The lowest BCUT2D eigenvalue weighted by molar-refractivity contribution is 0.669. The lowest BCUT2D eigenvalue weighted by Gasteiger charge is -2.13. The van der Waals surface area contributed by atoms with Crippen LogP contribution in [0.4, 0.5) is 0 Å². The molecule has 0 aliphatic carbocycles. The molecule has 2 heterocycles. The fraction of sp³-hybridized carbons (Fsp3) is 0. The Morgan fingerprint density at radius 1 is 0.444 bits per heavy atom.